The molecule has 10 nitrogen and oxygen atoms in total. The molecule has 1 fully saturated rings. The van der Waals surface area contributed by atoms with Gasteiger partial charge in [0.2, 0.25) is 0 Å². The number of anilines is 1. The predicted octanol–water partition coefficient (Wildman–Crippen LogP) is 4.69. The van der Waals surface area contributed by atoms with Gasteiger partial charge in [-0.2, -0.15) is 0 Å². The summed E-state index contributed by atoms with van der Waals surface area (Å²) in [5.41, 5.74) is 2.97. The maximum Gasteiger partial charge on any atom is 0.350 e. The van der Waals surface area contributed by atoms with Gasteiger partial charge in [0.25, 0.3) is 5.78 Å². The number of Topliss-reactive ketones (excluding diaryl/α,β-unsaturated/α-hetero) is 1. The molecule has 11 heteroatoms. The molecule has 1 amide bonds. The van der Waals surface area contributed by atoms with Crippen LogP contribution in [0.2, 0.25) is 0 Å². The quantitative estimate of drug-likeness (QED) is 0.114. The molecule has 1 atom stereocenters. The second-order valence-corrected chi connectivity index (χ2v) is 10.2. The van der Waals surface area contributed by atoms with E-state index in [2.05, 4.69) is 16.5 Å². The van der Waals surface area contributed by atoms with Crippen molar-refractivity contribution in [2.45, 2.75) is 26.8 Å². The highest BCUT2D eigenvalue weighted by molar-refractivity contribution is 7.17. The fourth-order valence-corrected chi connectivity index (χ4v) is 5.73. The van der Waals surface area contributed by atoms with Gasteiger partial charge < -0.3 is 19.0 Å². The molecule has 5 rings (SSSR count). The normalized spacial score (nSPS) is 16.5. The Bertz CT molecular complexity index is 1730. The lowest BCUT2D eigenvalue weighted by Crippen LogP contribution is -2.29. The monoisotopic (exact) mass is 558 g/mol. The lowest BCUT2D eigenvalue weighted by molar-refractivity contribution is -0.132. The van der Waals surface area contributed by atoms with E-state index in [0.717, 1.165) is 16.9 Å². The molecule has 1 saturated heterocycles. The molecule has 0 bridgehead atoms. The second kappa shape index (κ2) is 10.4. The number of hydrogen-bond acceptors (Lipinski definition) is 9. The number of imidazole rings is 1. The first-order valence-electron chi connectivity index (χ1n) is 12.3. The fourth-order valence-electron chi connectivity index (χ4n) is 4.72. The number of esters is 1. The van der Waals surface area contributed by atoms with Gasteiger partial charge in [-0.25, -0.2) is 14.8 Å². The number of amides is 1. The number of benzene rings is 1. The van der Waals surface area contributed by atoms with Crippen LogP contribution in [0.15, 0.2) is 60.8 Å². The first kappa shape index (κ1) is 26.8. The minimum absolute atomic E-state index is 0.115. The molecule has 1 aliphatic rings. The maximum atomic E-state index is 13.6. The number of ketones is 1. The van der Waals surface area contributed by atoms with E-state index in [9.17, 15) is 19.5 Å². The van der Waals surface area contributed by atoms with Crippen LogP contribution in [0.5, 0.6) is 5.75 Å². The SMILES string of the molecule is C=CCOc1cccc(C2C(=C(O)c3nc4c(C)cccn4c3C)C(=O)C(=O)N2c2nc(C)c(C(=O)OC)s2)c1. The van der Waals surface area contributed by atoms with Crippen LogP contribution in [0.3, 0.4) is 0 Å². The van der Waals surface area contributed by atoms with Crippen molar-refractivity contribution in [1.29, 1.82) is 0 Å². The van der Waals surface area contributed by atoms with Gasteiger partial charge in [0.05, 0.1) is 30.1 Å². The summed E-state index contributed by atoms with van der Waals surface area (Å²) in [6.07, 6.45) is 3.41. The van der Waals surface area contributed by atoms with E-state index >= 15 is 0 Å². The average Bonchev–Trinajstić information content (AvgIpc) is 3.58. The van der Waals surface area contributed by atoms with Crippen molar-refractivity contribution < 1.29 is 29.0 Å². The molecule has 1 unspecified atom stereocenters. The Kier molecular flexibility index (Phi) is 6.99. The zero-order chi connectivity index (χ0) is 28.7. The third-order valence-corrected chi connectivity index (χ3v) is 7.79. The molecule has 1 aromatic carbocycles. The maximum absolute atomic E-state index is 13.6. The Balaban J connectivity index is 1.75. The number of ether oxygens (including phenoxy) is 2. The van der Waals surface area contributed by atoms with E-state index in [1.54, 1.807) is 44.2 Å². The van der Waals surface area contributed by atoms with E-state index in [1.807, 2.05) is 29.7 Å². The number of rotatable bonds is 7. The minimum Gasteiger partial charge on any atom is -0.505 e. The summed E-state index contributed by atoms with van der Waals surface area (Å²) in [4.78, 5) is 49.9. The summed E-state index contributed by atoms with van der Waals surface area (Å²) < 4.78 is 12.4. The fraction of sp³-hybridized carbons (Fsp3) is 0.207. The summed E-state index contributed by atoms with van der Waals surface area (Å²) in [7, 11) is 1.25. The summed E-state index contributed by atoms with van der Waals surface area (Å²) in [5, 5.41) is 11.8. The molecule has 0 spiro atoms. The van der Waals surface area contributed by atoms with Crippen LogP contribution in [0.25, 0.3) is 11.4 Å². The van der Waals surface area contributed by atoms with Crippen LogP contribution in [0.1, 0.15) is 43.9 Å². The number of hydrogen-bond donors (Lipinski definition) is 1. The molecule has 0 aliphatic carbocycles. The van der Waals surface area contributed by atoms with Crippen LogP contribution < -0.4 is 9.64 Å². The second-order valence-electron chi connectivity index (χ2n) is 9.17. The smallest absolute Gasteiger partial charge is 0.350 e. The van der Waals surface area contributed by atoms with Crippen LogP contribution in [-0.4, -0.2) is 50.9 Å². The van der Waals surface area contributed by atoms with Gasteiger partial charge in [0.1, 0.15) is 28.6 Å². The molecule has 40 heavy (non-hydrogen) atoms. The number of nitrogens with zero attached hydrogens (tertiary/aromatic N) is 4. The van der Waals surface area contributed by atoms with Crippen LogP contribution in [0, 0.1) is 20.8 Å². The third kappa shape index (κ3) is 4.34. The van der Waals surface area contributed by atoms with Crippen LogP contribution in [-0.2, 0) is 14.3 Å². The number of fused-ring (bicyclic) bond motifs is 1. The zero-order valence-electron chi connectivity index (χ0n) is 22.3. The zero-order valence-corrected chi connectivity index (χ0v) is 23.1. The first-order valence-corrected chi connectivity index (χ1v) is 13.1. The van der Waals surface area contributed by atoms with Crippen molar-refractivity contribution in [1.82, 2.24) is 14.4 Å². The Hall–Kier alpha value is -4.77. The van der Waals surface area contributed by atoms with Crippen molar-refractivity contribution in [3.05, 3.63) is 93.9 Å². The Morgan fingerprint density at radius 1 is 1.18 bits per heavy atom. The number of aryl methyl sites for hydroxylation is 3. The number of aliphatic hydroxyl groups is 1. The summed E-state index contributed by atoms with van der Waals surface area (Å²) >= 11 is 0.929. The molecular formula is C29H26N4O6S. The van der Waals surface area contributed by atoms with E-state index in [-0.39, 0.29) is 27.9 Å². The molecule has 1 aliphatic heterocycles. The number of aromatic nitrogens is 3. The molecule has 4 heterocycles. The molecule has 3 aromatic heterocycles. The molecule has 204 valence electrons. The number of aliphatic hydroxyl groups excluding tert-OH is 1. The minimum atomic E-state index is -1.08. The summed E-state index contributed by atoms with van der Waals surface area (Å²) in [6.45, 7) is 9.19. The standard InChI is InChI=1S/C29H26N4O6S/c1-6-13-39-19-11-7-10-18(14-19)22-20(23(34)21-17(4)32-12-8-9-15(2)26(32)31-21)24(35)27(36)33(22)29-30-16(3)25(40-29)28(37)38-5/h6-12,14,22,34H,1,13H2,2-5H3. The topological polar surface area (TPSA) is 123 Å². The molecule has 1 N–H and O–H groups in total. The van der Waals surface area contributed by atoms with Crippen molar-refractivity contribution in [2.75, 3.05) is 18.6 Å². The number of pyridine rings is 1. The number of carbonyl (C=O) groups is 3. The van der Waals surface area contributed by atoms with Gasteiger partial charge in [0.15, 0.2) is 10.9 Å². The van der Waals surface area contributed by atoms with Crippen molar-refractivity contribution in [2.24, 2.45) is 0 Å². The van der Waals surface area contributed by atoms with Gasteiger partial charge in [-0.3, -0.25) is 14.5 Å². The highest BCUT2D eigenvalue weighted by atomic mass is 32.1. The van der Waals surface area contributed by atoms with E-state index < -0.39 is 29.5 Å². The molecule has 0 saturated carbocycles. The number of thiazole rings is 1. The summed E-state index contributed by atoms with van der Waals surface area (Å²) in [6, 6.07) is 9.54. The predicted molar refractivity (Wildman–Crippen MR) is 150 cm³/mol. The third-order valence-electron chi connectivity index (χ3n) is 6.66. The average molecular weight is 559 g/mol. The Morgan fingerprint density at radius 3 is 2.65 bits per heavy atom. The largest absolute Gasteiger partial charge is 0.505 e. The molecule has 0 radical (unpaired) electrons. The highest BCUT2D eigenvalue weighted by Crippen LogP contribution is 2.44. The lowest BCUT2D eigenvalue weighted by atomic mass is 9.96. The van der Waals surface area contributed by atoms with Crippen molar-refractivity contribution >= 4 is 45.5 Å². The van der Waals surface area contributed by atoms with Crippen molar-refractivity contribution in [3.63, 3.8) is 0 Å². The van der Waals surface area contributed by atoms with Crippen molar-refractivity contribution in [3.8, 4) is 5.75 Å². The highest BCUT2D eigenvalue weighted by Gasteiger charge is 2.49. The van der Waals surface area contributed by atoms with Crippen LogP contribution >= 0.6 is 11.3 Å². The van der Waals surface area contributed by atoms with E-state index in [4.69, 9.17) is 9.47 Å². The van der Waals surface area contributed by atoms with Gasteiger partial charge in [-0.05, 0) is 50.1 Å². The van der Waals surface area contributed by atoms with Gasteiger partial charge in [-0.15, -0.1) is 0 Å². The lowest BCUT2D eigenvalue weighted by Gasteiger charge is -2.23. The molecule has 4 aromatic rings. The van der Waals surface area contributed by atoms with E-state index in [1.165, 1.54) is 12.0 Å². The van der Waals surface area contributed by atoms with E-state index in [0.29, 0.717) is 28.3 Å². The number of methoxy groups -OCH3 is 1. The number of carbonyl (C=O) groups excluding carboxylic acids is 3. The first-order chi connectivity index (χ1) is 19.2. The van der Waals surface area contributed by atoms with Gasteiger partial charge in [-0.1, -0.05) is 42.2 Å². The van der Waals surface area contributed by atoms with Gasteiger partial charge in [0, 0.05) is 6.20 Å². The Labute approximate surface area is 233 Å². The summed E-state index contributed by atoms with van der Waals surface area (Å²) in [5.74, 6) is -2.34. The van der Waals surface area contributed by atoms with Gasteiger partial charge >= 0.3 is 11.9 Å². The molecular weight excluding hydrogens is 532 g/mol. The Morgan fingerprint density at radius 2 is 1.95 bits per heavy atom. The van der Waals surface area contributed by atoms with Crippen LogP contribution in [0.4, 0.5) is 5.13 Å².